The summed E-state index contributed by atoms with van der Waals surface area (Å²) in [5.74, 6) is 0. The van der Waals surface area contributed by atoms with E-state index in [1.165, 1.54) is 6.20 Å². The lowest BCUT2D eigenvalue weighted by Crippen LogP contribution is -1.89. The van der Waals surface area contributed by atoms with Gasteiger partial charge < -0.3 is 5.73 Å². The van der Waals surface area contributed by atoms with Crippen molar-refractivity contribution < 1.29 is 0 Å². The summed E-state index contributed by atoms with van der Waals surface area (Å²) in [6.07, 6.45) is 1.54. The number of rotatable bonds is 1. The van der Waals surface area contributed by atoms with Crippen LogP contribution in [-0.2, 0) is 0 Å². The monoisotopic (exact) mass is 194 g/mol. The Hall–Kier alpha value is -1.55. The van der Waals surface area contributed by atoms with Crippen LogP contribution in [0.2, 0.25) is 5.15 Å². The Morgan fingerprint density at radius 2 is 2.23 bits per heavy atom. The molecule has 4 nitrogen and oxygen atoms in total. The largest absolute Gasteiger partial charge is 0.396 e. The van der Waals surface area contributed by atoms with Crippen molar-refractivity contribution in [1.82, 2.24) is 15.2 Å². The number of anilines is 1. The summed E-state index contributed by atoms with van der Waals surface area (Å²) < 4.78 is 0. The van der Waals surface area contributed by atoms with Crippen LogP contribution < -0.4 is 5.73 Å². The van der Waals surface area contributed by atoms with Crippen molar-refractivity contribution in [2.75, 3.05) is 5.73 Å². The first-order chi connectivity index (χ1) is 6.27. The standard InChI is InChI=1S/C8H7ClN4/c9-7-3-1-2-6(12-7)8-5(10)4-11-13-8/h1-4H,10H2,(H,11,13). The van der Waals surface area contributed by atoms with Crippen LogP contribution >= 0.6 is 11.6 Å². The summed E-state index contributed by atoms with van der Waals surface area (Å²) >= 11 is 5.73. The molecular weight excluding hydrogens is 188 g/mol. The van der Waals surface area contributed by atoms with Gasteiger partial charge in [0.15, 0.2) is 0 Å². The molecule has 2 rings (SSSR count). The van der Waals surface area contributed by atoms with E-state index < -0.39 is 0 Å². The lowest BCUT2D eigenvalue weighted by atomic mass is 10.2. The van der Waals surface area contributed by atoms with Crippen LogP contribution in [0.1, 0.15) is 0 Å². The number of nitrogen functional groups attached to an aromatic ring is 1. The van der Waals surface area contributed by atoms with Gasteiger partial charge in [-0.1, -0.05) is 17.7 Å². The molecule has 0 radical (unpaired) electrons. The third-order valence-electron chi connectivity index (χ3n) is 1.64. The molecule has 0 spiro atoms. The van der Waals surface area contributed by atoms with Crippen LogP contribution in [0.4, 0.5) is 5.69 Å². The number of hydrogen-bond donors (Lipinski definition) is 2. The lowest BCUT2D eigenvalue weighted by Gasteiger charge is -1.97. The molecule has 0 aromatic carbocycles. The molecule has 0 aliphatic rings. The van der Waals surface area contributed by atoms with E-state index in [1.807, 2.05) is 12.1 Å². The molecule has 2 aromatic heterocycles. The molecule has 0 atom stereocenters. The Labute approximate surface area is 79.7 Å². The van der Waals surface area contributed by atoms with Crippen molar-refractivity contribution in [3.05, 3.63) is 29.5 Å². The fourth-order valence-electron chi connectivity index (χ4n) is 1.05. The Kier molecular flexibility index (Phi) is 1.90. The van der Waals surface area contributed by atoms with Gasteiger partial charge in [0.2, 0.25) is 0 Å². The highest BCUT2D eigenvalue weighted by molar-refractivity contribution is 6.29. The van der Waals surface area contributed by atoms with Crippen molar-refractivity contribution in [2.24, 2.45) is 0 Å². The Morgan fingerprint density at radius 3 is 2.85 bits per heavy atom. The second-order valence-corrected chi connectivity index (χ2v) is 2.93. The second-order valence-electron chi connectivity index (χ2n) is 2.55. The van der Waals surface area contributed by atoms with Gasteiger partial charge in [0.05, 0.1) is 17.6 Å². The molecule has 2 aromatic rings. The number of nitrogens with two attached hydrogens (primary N) is 1. The van der Waals surface area contributed by atoms with Crippen molar-refractivity contribution >= 4 is 17.3 Å². The second kappa shape index (κ2) is 3.06. The molecule has 0 bridgehead atoms. The van der Waals surface area contributed by atoms with Gasteiger partial charge >= 0.3 is 0 Å². The molecular formula is C8H7ClN4. The molecule has 3 N–H and O–H groups in total. The fourth-order valence-corrected chi connectivity index (χ4v) is 1.21. The van der Waals surface area contributed by atoms with E-state index in [0.717, 1.165) is 0 Å². The smallest absolute Gasteiger partial charge is 0.129 e. The highest BCUT2D eigenvalue weighted by Crippen LogP contribution is 2.21. The minimum Gasteiger partial charge on any atom is -0.396 e. The summed E-state index contributed by atoms with van der Waals surface area (Å²) in [4.78, 5) is 4.09. The third-order valence-corrected chi connectivity index (χ3v) is 1.85. The number of H-pyrrole nitrogens is 1. The molecule has 0 unspecified atom stereocenters. The van der Waals surface area contributed by atoms with E-state index in [1.54, 1.807) is 6.07 Å². The van der Waals surface area contributed by atoms with Crippen molar-refractivity contribution in [3.8, 4) is 11.4 Å². The van der Waals surface area contributed by atoms with Gasteiger partial charge in [-0.15, -0.1) is 0 Å². The van der Waals surface area contributed by atoms with Crippen molar-refractivity contribution in [3.63, 3.8) is 0 Å². The van der Waals surface area contributed by atoms with Crippen LogP contribution in [0.5, 0.6) is 0 Å². The van der Waals surface area contributed by atoms with Crippen LogP contribution in [0, 0.1) is 0 Å². The number of aromatic nitrogens is 3. The predicted octanol–water partition coefficient (Wildman–Crippen LogP) is 1.71. The van der Waals surface area contributed by atoms with Crippen LogP contribution in [0.15, 0.2) is 24.4 Å². The number of halogens is 1. The summed E-state index contributed by atoms with van der Waals surface area (Å²) in [6, 6.07) is 5.33. The molecule has 5 heteroatoms. The van der Waals surface area contributed by atoms with E-state index >= 15 is 0 Å². The molecule has 0 aliphatic carbocycles. The maximum absolute atomic E-state index is 5.73. The maximum Gasteiger partial charge on any atom is 0.129 e. The quantitative estimate of drug-likeness (QED) is 0.679. The molecule has 0 saturated heterocycles. The molecule has 0 saturated carbocycles. The van der Waals surface area contributed by atoms with Gasteiger partial charge in [0, 0.05) is 0 Å². The number of nitrogens with one attached hydrogen (secondary N) is 1. The molecule has 2 heterocycles. The van der Waals surface area contributed by atoms with Crippen LogP contribution in [0.25, 0.3) is 11.4 Å². The number of hydrogen-bond acceptors (Lipinski definition) is 3. The van der Waals surface area contributed by atoms with Gasteiger partial charge in [-0.2, -0.15) is 5.10 Å². The van der Waals surface area contributed by atoms with E-state index in [9.17, 15) is 0 Å². The predicted molar refractivity (Wildman–Crippen MR) is 51.2 cm³/mol. The summed E-state index contributed by atoms with van der Waals surface area (Å²) in [5.41, 5.74) is 7.60. The molecule has 0 aliphatic heterocycles. The third kappa shape index (κ3) is 1.48. The van der Waals surface area contributed by atoms with Crippen LogP contribution in [-0.4, -0.2) is 15.2 Å². The molecule has 66 valence electrons. The minimum atomic E-state index is 0.437. The average Bonchev–Trinajstić information content (AvgIpc) is 2.51. The Bertz CT molecular complexity index is 424. The highest BCUT2D eigenvalue weighted by Gasteiger charge is 2.05. The average molecular weight is 195 g/mol. The summed E-state index contributed by atoms with van der Waals surface area (Å²) in [7, 11) is 0. The first-order valence-electron chi connectivity index (χ1n) is 3.69. The van der Waals surface area contributed by atoms with Gasteiger partial charge in [-0.05, 0) is 12.1 Å². The first-order valence-corrected chi connectivity index (χ1v) is 4.07. The lowest BCUT2D eigenvalue weighted by molar-refractivity contribution is 1.09. The van der Waals surface area contributed by atoms with Crippen molar-refractivity contribution in [1.29, 1.82) is 0 Å². The van der Waals surface area contributed by atoms with E-state index in [4.69, 9.17) is 17.3 Å². The van der Waals surface area contributed by atoms with Crippen molar-refractivity contribution in [2.45, 2.75) is 0 Å². The minimum absolute atomic E-state index is 0.437. The molecule has 0 amide bonds. The first kappa shape index (κ1) is 8.07. The zero-order valence-corrected chi connectivity index (χ0v) is 7.42. The zero-order valence-electron chi connectivity index (χ0n) is 6.66. The van der Waals surface area contributed by atoms with Gasteiger partial charge in [0.1, 0.15) is 10.8 Å². The molecule has 0 fully saturated rings. The van der Waals surface area contributed by atoms with Crippen LogP contribution in [0.3, 0.4) is 0 Å². The molecule has 13 heavy (non-hydrogen) atoms. The van der Waals surface area contributed by atoms with E-state index in [0.29, 0.717) is 22.2 Å². The summed E-state index contributed by atoms with van der Waals surface area (Å²) in [5, 5.41) is 6.98. The van der Waals surface area contributed by atoms with Gasteiger partial charge in [0.25, 0.3) is 0 Å². The SMILES string of the molecule is Nc1cn[nH]c1-c1cccc(Cl)n1. The Morgan fingerprint density at radius 1 is 1.38 bits per heavy atom. The normalized spacial score (nSPS) is 10.2. The number of aromatic amines is 1. The zero-order chi connectivity index (χ0) is 9.26. The number of nitrogens with zero attached hydrogens (tertiary/aromatic N) is 2. The Balaban J connectivity index is 2.53. The van der Waals surface area contributed by atoms with Gasteiger partial charge in [-0.25, -0.2) is 4.98 Å². The van der Waals surface area contributed by atoms with Gasteiger partial charge in [-0.3, -0.25) is 5.10 Å². The van der Waals surface area contributed by atoms with E-state index in [-0.39, 0.29) is 0 Å². The summed E-state index contributed by atoms with van der Waals surface area (Å²) in [6.45, 7) is 0. The van der Waals surface area contributed by atoms with E-state index in [2.05, 4.69) is 15.2 Å². The topological polar surface area (TPSA) is 67.6 Å². The fraction of sp³-hybridized carbons (Fsp3) is 0. The maximum atomic E-state index is 5.73. The highest BCUT2D eigenvalue weighted by atomic mass is 35.5. The number of pyridine rings is 1.